The minimum absolute atomic E-state index is 0.512. The van der Waals surface area contributed by atoms with Crippen molar-refractivity contribution < 1.29 is 4.74 Å². The van der Waals surface area contributed by atoms with E-state index >= 15 is 0 Å². The Morgan fingerprint density at radius 3 is 2.53 bits per heavy atom. The van der Waals surface area contributed by atoms with E-state index in [0.29, 0.717) is 12.4 Å². The van der Waals surface area contributed by atoms with Gasteiger partial charge in [0.25, 0.3) is 0 Å². The van der Waals surface area contributed by atoms with Crippen LogP contribution >= 0.6 is 0 Å². The molecule has 0 fully saturated rings. The van der Waals surface area contributed by atoms with Gasteiger partial charge in [-0.15, -0.1) is 0 Å². The number of ether oxygens (including phenoxy) is 1. The van der Waals surface area contributed by atoms with Crippen LogP contribution in [0.3, 0.4) is 0 Å². The summed E-state index contributed by atoms with van der Waals surface area (Å²) in [5.74, 6) is 1.47. The third-order valence-corrected chi connectivity index (χ3v) is 2.64. The van der Waals surface area contributed by atoms with Crippen molar-refractivity contribution in [2.45, 2.75) is 20.5 Å². The highest BCUT2D eigenvalue weighted by molar-refractivity contribution is 5.40. The first-order valence-electron chi connectivity index (χ1n) is 5.56. The number of anilines is 1. The Labute approximate surface area is 101 Å². The first kappa shape index (κ1) is 11.5. The molecule has 0 bridgehead atoms. The molecule has 0 aliphatic rings. The Balaban J connectivity index is 2.13. The smallest absolute Gasteiger partial charge is 0.125 e. The number of hydrogen-bond acceptors (Lipinski definition) is 3. The zero-order valence-corrected chi connectivity index (χ0v) is 10.1. The molecule has 2 N–H and O–H groups in total. The van der Waals surface area contributed by atoms with E-state index in [1.54, 1.807) is 6.20 Å². The number of benzene rings is 1. The third-order valence-electron chi connectivity index (χ3n) is 2.64. The van der Waals surface area contributed by atoms with Gasteiger partial charge < -0.3 is 10.5 Å². The second-order valence-electron chi connectivity index (χ2n) is 4.10. The number of nitrogens with zero attached hydrogens (tertiary/aromatic N) is 1. The molecule has 3 nitrogen and oxygen atoms in total. The molecule has 2 rings (SSSR count). The molecule has 0 saturated heterocycles. The number of hydrogen-bond donors (Lipinski definition) is 1. The third kappa shape index (κ3) is 2.75. The van der Waals surface area contributed by atoms with Crippen LogP contribution in [-0.4, -0.2) is 4.98 Å². The van der Waals surface area contributed by atoms with Gasteiger partial charge in [0.1, 0.15) is 18.2 Å². The fourth-order valence-corrected chi connectivity index (χ4v) is 1.77. The quantitative estimate of drug-likeness (QED) is 0.878. The summed E-state index contributed by atoms with van der Waals surface area (Å²) < 4.78 is 5.83. The van der Waals surface area contributed by atoms with E-state index in [9.17, 15) is 0 Å². The minimum Gasteiger partial charge on any atom is -0.488 e. The summed E-state index contributed by atoms with van der Waals surface area (Å²) in [7, 11) is 0. The molecule has 0 spiro atoms. The van der Waals surface area contributed by atoms with Crippen LogP contribution in [0.2, 0.25) is 0 Å². The minimum atomic E-state index is 0.512. The number of para-hydroxylation sites is 1. The number of aromatic nitrogens is 1. The highest BCUT2D eigenvalue weighted by Crippen LogP contribution is 2.23. The molecule has 2 aromatic rings. The summed E-state index contributed by atoms with van der Waals surface area (Å²) in [5, 5.41) is 0. The molecule has 1 aromatic carbocycles. The van der Waals surface area contributed by atoms with Gasteiger partial charge in [0.15, 0.2) is 0 Å². The summed E-state index contributed by atoms with van der Waals surface area (Å²) >= 11 is 0. The van der Waals surface area contributed by atoms with Crippen molar-refractivity contribution >= 4 is 5.82 Å². The molecule has 1 heterocycles. The number of nitrogens with two attached hydrogens (primary N) is 1. The Hall–Kier alpha value is -2.03. The SMILES string of the molecule is Cc1cccc(C)c1OCc1ccnc(N)c1. The normalized spacial score (nSPS) is 10.2. The van der Waals surface area contributed by atoms with E-state index in [4.69, 9.17) is 10.5 Å². The number of aryl methyl sites for hydroxylation is 2. The van der Waals surface area contributed by atoms with Crippen LogP contribution in [0.4, 0.5) is 5.82 Å². The number of nitrogen functional groups attached to an aromatic ring is 1. The summed E-state index contributed by atoms with van der Waals surface area (Å²) in [5.41, 5.74) is 8.94. The Bertz CT molecular complexity index is 503. The first-order chi connectivity index (χ1) is 8.16. The fourth-order valence-electron chi connectivity index (χ4n) is 1.77. The zero-order chi connectivity index (χ0) is 12.3. The Morgan fingerprint density at radius 2 is 1.88 bits per heavy atom. The van der Waals surface area contributed by atoms with Crippen molar-refractivity contribution in [1.29, 1.82) is 0 Å². The highest BCUT2D eigenvalue weighted by Gasteiger charge is 2.03. The van der Waals surface area contributed by atoms with Crippen LogP contribution in [0.5, 0.6) is 5.75 Å². The predicted molar refractivity (Wildman–Crippen MR) is 68.9 cm³/mol. The lowest BCUT2D eigenvalue weighted by Crippen LogP contribution is -2.00. The van der Waals surface area contributed by atoms with Crippen LogP contribution in [0.1, 0.15) is 16.7 Å². The van der Waals surface area contributed by atoms with Gasteiger partial charge in [-0.3, -0.25) is 0 Å². The Morgan fingerprint density at radius 1 is 1.18 bits per heavy atom. The van der Waals surface area contributed by atoms with Crippen LogP contribution in [0.15, 0.2) is 36.5 Å². The van der Waals surface area contributed by atoms with E-state index in [1.807, 2.05) is 44.2 Å². The van der Waals surface area contributed by atoms with Crippen molar-refractivity contribution in [2.24, 2.45) is 0 Å². The van der Waals surface area contributed by atoms with Gasteiger partial charge in [-0.05, 0) is 42.7 Å². The molecule has 0 radical (unpaired) electrons. The lowest BCUT2D eigenvalue weighted by Gasteiger charge is -2.11. The maximum atomic E-state index is 5.83. The van der Waals surface area contributed by atoms with Crippen molar-refractivity contribution in [3.8, 4) is 5.75 Å². The van der Waals surface area contributed by atoms with E-state index in [2.05, 4.69) is 4.98 Å². The van der Waals surface area contributed by atoms with E-state index in [-0.39, 0.29) is 0 Å². The van der Waals surface area contributed by atoms with Gasteiger partial charge >= 0.3 is 0 Å². The van der Waals surface area contributed by atoms with Crippen molar-refractivity contribution in [2.75, 3.05) is 5.73 Å². The van der Waals surface area contributed by atoms with Gasteiger partial charge in [0, 0.05) is 6.20 Å². The van der Waals surface area contributed by atoms with Crippen LogP contribution in [-0.2, 0) is 6.61 Å². The van der Waals surface area contributed by atoms with Gasteiger partial charge in [-0.25, -0.2) is 4.98 Å². The first-order valence-corrected chi connectivity index (χ1v) is 5.56. The lowest BCUT2D eigenvalue weighted by molar-refractivity contribution is 0.302. The summed E-state index contributed by atoms with van der Waals surface area (Å²) in [6.45, 7) is 4.60. The van der Waals surface area contributed by atoms with Crippen LogP contribution < -0.4 is 10.5 Å². The monoisotopic (exact) mass is 228 g/mol. The molecule has 0 aliphatic heterocycles. The van der Waals surface area contributed by atoms with Crippen LogP contribution in [0.25, 0.3) is 0 Å². The van der Waals surface area contributed by atoms with Crippen molar-refractivity contribution in [1.82, 2.24) is 4.98 Å². The zero-order valence-electron chi connectivity index (χ0n) is 10.1. The van der Waals surface area contributed by atoms with E-state index in [1.165, 1.54) is 0 Å². The van der Waals surface area contributed by atoms with E-state index < -0.39 is 0 Å². The molecular weight excluding hydrogens is 212 g/mol. The largest absolute Gasteiger partial charge is 0.488 e. The molecule has 17 heavy (non-hydrogen) atoms. The maximum absolute atomic E-state index is 5.83. The van der Waals surface area contributed by atoms with Crippen LogP contribution in [0, 0.1) is 13.8 Å². The molecular formula is C14H16N2O. The second kappa shape index (κ2) is 4.87. The fraction of sp³-hybridized carbons (Fsp3) is 0.214. The number of rotatable bonds is 3. The topological polar surface area (TPSA) is 48.1 Å². The van der Waals surface area contributed by atoms with Crippen molar-refractivity contribution in [3.05, 3.63) is 53.2 Å². The average molecular weight is 228 g/mol. The molecule has 88 valence electrons. The molecule has 0 atom stereocenters. The summed E-state index contributed by atoms with van der Waals surface area (Å²) in [6, 6.07) is 9.85. The van der Waals surface area contributed by atoms with Gasteiger partial charge in [-0.2, -0.15) is 0 Å². The highest BCUT2D eigenvalue weighted by atomic mass is 16.5. The van der Waals surface area contributed by atoms with Gasteiger partial charge in [-0.1, -0.05) is 18.2 Å². The molecule has 3 heteroatoms. The van der Waals surface area contributed by atoms with E-state index in [0.717, 1.165) is 22.4 Å². The average Bonchev–Trinajstić information content (AvgIpc) is 2.28. The molecule has 0 amide bonds. The molecule has 1 aromatic heterocycles. The standard InChI is InChI=1S/C14H16N2O/c1-10-4-3-5-11(2)14(10)17-9-12-6-7-16-13(15)8-12/h3-8H,9H2,1-2H3,(H2,15,16). The second-order valence-corrected chi connectivity index (χ2v) is 4.10. The summed E-state index contributed by atoms with van der Waals surface area (Å²) in [6.07, 6.45) is 1.69. The predicted octanol–water partition coefficient (Wildman–Crippen LogP) is 2.86. The van der Waals surface area contributed by atoms with Gasteiger partial charge in [0.05, 0.1) is 0 Å². The maximum Gasteiger partial charge on any atom is 0.125 e. The lowest BCUT2D eigenvalue weighted by atomic mass is 10.1. The van der Waals surface area contributed by atoms with Gasteiger partial charge in [0.2, 0.25) is 0 Å². The molecule has 0 aliphatic carbocycles. The summed E-state index contributed by atoms with van der Waals surface area (Å²) in [4.78, 5) is 3.95. The Kier molecular flexibility index (Phi) is 3.28. The number of pyridine rings is 1. The van der Waals surface area contributed by atoms with Crippen molar-refractivity contribution in [3.63, 3.8) is 0 Å². The molecule has 0 saturated carbocycles. The molecule has 0 unspecified atom stereocenters.